The molecule has 0 spiro atoms. The predicted molar refractivity (Wildman–Crippen MR) is 118 cm³/mol. The Bertz CT molecular complexity index is 1100. The van der Waals surface area contributed by atoms with Gasteiger partial charge < -0.3 is 4.98 Å². The first-order valence-corrected chi connectivity index (χ1v) is 10.9. The number of aryl methyl sites for hydroxylation is 2. The van der Waals surface area contributed by atoms with E-state index in [2.05, 4.69) is 4.98 Å². The van der Waals surface area contributed by atoms with Crippen molar-refractivity contribution in [1.29, 1.82) is 0 Å². The van der Waals surface area contributed by atoms with Crippen LogP contribution in [0.15, 0.2) is 60.7 Å². The van der Waals surface area contributed by atoms with Crippen LogP contribution in [0.25, 0.3) is 0 Å². The SMILES string of the molecule is Cc1ccc(C(=S)c2[nH]c(CC(C)(c3ccccc3)S(N)(=O)=O)cc2C)cc1. The van der Waals surface area contributed by atoms with Crippen molar-refractivity contribution >= 4 is 27.1 Å². The molecule has 0 bridgehead atoms. The third-order valence-corrected chi connectivity index (χ3v) is 7.23. The molecule has 3 N–H and O–H groups in total. The van der Waals surface area contributed by atoms with Crippen LogP contribution in [-0.4, -0.2) is 18.3 Å². The van der Waals surface area contributed by atoms with Crippen LogP contribution in [0.1, 0.15) is 40.6 Å². The molecule has 0 fully saturated rings. The average molecular weight is 413 g/mol. The van der Waals surface area contributed by atoms with Crippen LogP contribution in [0.3, 0.4) is 0 Å². The van der Waals surface area contributed by atoms with Crippen molar-refractivity contribution in [2.45, 2.75) is 31.9 Å². The Morgan fingerprint density at radius 3 is 2.25 bits per heavy atom. The van der Waals surface area contributed by atoms with Gasteiger partial charge in [0.05, 0.1) is 10.6 Å². The number of nitrogens with one attached hydrogen (secondary N) is 1. The highest BCUT2D eigenvalue weighted by molar-refractivity contribution is 7.90. The van der Waals surface area contributed by atoms with Gasteiger partial charge in [0.25, 0.3) is 0 Å². The van der Waals surface area contributed by atoms with Gasteiger partial charge in [0.1, 0.15) is 4.75 Å². The summed E-state index contributed by atoms with van der Waals surface area (Å²) >= 11 is 5.67. The number of hydrogen-bond acceptors (Lipinski definition) is 3. The number of sulfonamides is 1. The zero-order valence-corrected chi connectivity index (χ0v) is 17.8. The van der Waals surface area contributed by atoms with Crippen molar-refractivity contribution in [3.8, 4) is 0 Å². The Balaban J connectivity index is 1.98. The molecule has 6 heteroatoms. The zero-order chi connectivity index (χ0) is 20.5. The molecule has 1 aromatic heterocycles. The number of rotatable bonds is 6. The zero-order valence-electron chi connectivity index (χ0n) is 16.2. The monoisotopic (exact) mass is 412 g/mol. The summed E-state index contributed by atoms with van der Waals surface area (Å²) in [4.78, 5) is 4.04. The van der Waals surface area contributed by atoms with Gasteiger partial charge in [-0.25, -0.2) is 13.6 Å². The van der Waals surface area contributed by atoms with E-state index >= 15 is 0 Å². The Kier molecular flexibility index (Phi) is 5.57. The highest BCUT2D eigenvalue weighted by atomic mass is 32.2. The van der Waals surface area contributed by atoms with Gasteiger partial charge in [0, 0.05) is 12.1 Å². The molecule has 0 aliphatic carbocycles. The molecule has 0 saturated heterocycles. The molecular formula is C22H24N2O2S2. The number of nitrogens with two attached hydrogens (primary N) is 1. The highest BCUT2D eigenvalue weighted by Gasteiger charge is 2.39. The molecule has 3 aromatic rings. The number of benzene rings is 2. The molecule has 1 heterocycles. The van der Waals surface area contributed by atoms with Gasteiger partial charge in [-0.15, -0.1) is 0 Å². The van der Waals surface area contributed by atoms with Crippen LogP contribution in [0.2, 0.25) is 0 Å². The number of H-pyrrole nitrogens is 1. The van der Waals surface area contributed by atoms with Gasteiger partial charge in [-0.2, -0.15) is 0 Å². The lowest BCUT2D eigenvalue weighted by Crippen LogP contribution is -2.40. The Hall–Kier alpha value is -2.28. The van der Waals surface area contributed by atoms with E-state index in [9.17, 15) is 8.42 Å². The van der Waals surface area contributed by atoms with Crippen LogP contribution in [0.5, 0.6) is 0 Å². The van der Waals surface area contributed by atoms with Gasteiger partial charge in [0.2, 0.25) is 10.0 Å². The van der Waals surface area contributed by atoms with Crippen molar-refractivity contribution in [3.63, 3.8) is 0 Å². The second kappa shape index (κ2) is 7.62. The molecule has 2 aromatic carbocycles. The van der Waals surface area contributed by atoms with Crippen molar-refractivity contribution in [1.82, 2.24) is 4.98 Å². The van der Waals surface area contributed by atoms with Gasteiger partial charge >= 0.3 is 0 Å². The normalized spacial score (nSPS) is 13.9. The first-order valence-electron chi connectivity index (χ1n) is 8.99. The molecule has 0 aliphatic heterocycles. The first-order chi connectivity index (χ1) is 13.1. The van der Waals surface area contributed by atoms with Crippen LogP contribution in [0.4, 0.5) is 0 Å². The minimum absolute atomic E-state index is 0.229. The number of hydrogen-bond donors (Lipinski definition) is 2. The molecule has 3 rings (SSSR count). The number of primary sulfonamides is 1. The maximum atomic E-state index is 12.5. The fourth-order valence-electron chi connectivity index (χ4n) is 3.33. The van der Waals surface area contributed by atoms with Crippen molar-refractivity contribution < 1.29 is 8.42 Å². The van der Waals surface area contributed by atoms with Gasteiger partial charge in [-0.1, -0.05) is 72.4 Å². The molecule has 1 unspecified atom stereocenters. The van der Waals surface area contributed by atoms with Gasteiger partial charge in [-0.05, 0) is 43.5 Å². The number of aromatic amines is 1. The molecule has 4 nitrogen and oxygen atoms in total. The van der Waals surface area contributed by atoms with Crippen LogP contribution in [-0.2, 0) is 21.2 Å². The van der Waals surface area contributed by atoms with Crippen LogP contribution in [0, 0.1) is 13.8 Å². The predicted octanol–water partition coefficient (Wildman–Crippen LogP) is 4.14. The van der Waals surface area contributed by atoms with Gasteiger partial charge in [-0.3, -0.25) is 0 Å². The van der Waals surface area contributed by atoms with Crippen molar-refractivity contribution in [2.24, 2.45) is 5.14 Å². The smallest absolute Gasteiger partial charge is 0.219 e. The molecule has 0 radical (unpaired) electrons. The second-order valence-electron chi connectivity index (χ2n) is 7.37. The average Bonchev–Trinajstić information content (AvgIpc) is 3.01. The third-order valence-electron chi connectivity index (χ3n) is 5.15. The van der Waals surface area contributed by atoms with Gasteiger partial charge in [0.15, 0.2) is 0 Å². The Morgan fingerprint density at radius 1 is 1.07 bits per heavy atom. The van der Waals surface area contributed by atoms with E-state index < -0.39 is 14.8 Å². The molecule has 0 aliphatic rings. The van der Waals surface area contributed by atoms with Crippen molar-refractivity contribution in [3.05, 3.63) is 94.3 Å². The lowest BCUT2D eigenvalue weighted by molar-refractivity contribution is 0.535. The van der Waals surface area contributed by atoms with Crippen LogP contribution >= 0.6 is 12.2 Å². The van der Waals surface area contributed by atoms with E-state index in [0.717, 1.165) is 22.5 Å². The van der Waals surface area contributed by atoms with E-state index in [0.29, 0.717) is 10.4 Å². The summed E-state index contributed by atoms with van der Waals surface area (Å²) < 4.78 is 23.7. The van der Waals surface area contributed by atoms with E-state index in [4.69, 9.17) is 17.4 Å². The van der Waals surface area contributed by atoms with E-state index in [1.54, 1.807) is 19.1 Å². The summed E-state index contributed by atoms with van der Waals surface area (Å²) in [6, 6.07) is 19.0. The molecule has 28 heavy (non-hydrogen) atoms. The fourth-order valence-corrected chi connectivity index (χ4v) is 4.50. The number of thiocarbonyl (C=S) groups is 1. The highest BCUT2D eigenvalue weighted by Crippen LogP contribution is 2.32. The third kappa shape index (κ3) is 3.94. The molecule has 146 valence electrons. The molecular weight excluding hydrogens is 388 g/mol. The second-order valence-corrected chi connectivity index (χ2v) is 9.77. The standard InChI is InChI=1S/C22H24N2O2S2/c1-15-9-11-17(12-10-15)21(27)20-16(2)13-19(24-20)14-22(3,28(23,25)26)18-7-5-4-6-8-18/h4-13,24H,14H2,1-3H3,(H2,23,25,26). The topological polar surface area (TPSA) is 76.0 Å². The maximum Gasteiger partial charge on any atom is 0.219 e. The quantitative estimate of drug-likeness (QED) is 0.472. The molecule has 0 saturated carbocycles. The largest absolute Gasteiger partial charge is 0.357 e. The Morgan fingerprint density at radius 2 is 1.68 bits per heavy atom. The summed E-state index contributed by atoms with van der Waals surface area (Å²) in [6.07, 6.45) is 0.229. The summed E-state index contributed by atoms with van der Waals surface area (Å²) in [6.45, 7) is 5.65. The Labute approximate surface area is 171 Å². The summed E-state index contributed by atoms with van der Waals surface area (Å²) in [5, 5.41) is 5.64. The first kappa shape index (κ1) is 20.5. The van der Waals surface area contributed by atoms with E-state index in [1.807, 2.05) is 62.4 Å². The van der Waals surface area contributed by atoms with Crippen molar-refractivity contribution in [2.75, 3.05) is 0 Å². The molecule has 1 atom stereocenters. The maximum absolute atomic E-state index is 12.5. The van der Waals surface area contributed by atoms with E-state index in [1.165, 1.54) is 5.56 Å². The molecule has 0 amide bonds. The lowest BCUT2D eigenvalue weighted by Gasteiger charge is -2.27. The number of aromatic nitrogens is 1. The van der Waals surface area contributed by atoms with E-state index in [-0.39, 0.29) is 6.42 Å². The fraction of sp³-hybridized carbons (Fsp3) is 0.227. The summed E-state index contributed by atoms with van der Waals surface area (Å²) in [7, 11) is -3.85. The van der Waals surface area contributed by atoms with Crippen LogP contribution < -0.4 is 5.14 Å². The summed E-state index contributed by atoms with van der Waals surface area (Å²) in [5.41, 5.74) is 5.37. The minimum atomic E-state index is -3.85. The lowest BCUT2D eigenvalue weighted by atomic mass is 9.95. The minimum Gasteiger partial charge on any atom is -0.357 e. The summed E-state index contributed by atoms with van der Waals surface area (Å²) in [5.74, 6) is 0.